The van der Waals surface area contributed by atoms with Gasteiger partial charge in [0, 0.05) is 31.9 Å². The molecule has 2 aromatic carbocycles. The van der Waals surface area contributed by atoms with Gasteiger partial charge in [0.05, 0.1) is 4.90 Å². The molecule has 0 saturated heterocycles. The van der Waals surface area contributed by atoms with Gasteiger partial charge in [0.2, 0.25) is 10.0 Å². The number of hydrogen-bond acceptors (Lipinski definition) is 4. The molecule has 0 atom stereocenters. The first-order valence-corrected chi connectivity index (χ1v) is 9.91. The standard InChI is InChI=1S/C19H25N3O3S/c1-14-6-11-17(26(20,24)25)13-18(14)19(23)21-12-4-5-15-7-9-16(10-8-15)22(2)3/h6-11,13H,4-5,12H2,1-3H3,(H,21,23)(H2,20,24,25). The van der Waals surface area contributed by atoms with E-state index in [2.05, 4.69) is 29.6 Å². The Balaban J connectivity index is 1.91. The molecule has 2 rings (SSSR count). The average Bonchev–Trinajstić information content (AvgIpc) is 2.58. The summed E-state index contributed by atoms with van der Waals surface area (Å²) in [6.07, 6.45) is 1.64. The van der Waals surface area contributed by atoms with Crippen LogP contribution < -0.4 is 15.4 Å². The lowest BCUT2D eigenvalue weighted by Gasteiger charge is -2.13. The lowest BCUT2D eigenvalue weighted by atomic mass is 10.1. The maximum absolute atomic E-state index is 12.3. The molecule has 0 aliphatic heterocycles. The summed E-state index contributed by atoms with van der Waals surface area (Å²) in [5.74, 6) is -0.295. The van der Waals surface area contributed by atoms with Crippen LogP contribution >= 0.6 is 0 Å². The highest BCUT2D eigenvalue weighted by Crippen LogP contribution is 2.15. The number of anilines is 1. The summed E-state index contributed by atoms with van der Waals surface area (Å²) in [7, 11) is 0.165. The van der Waals surface area contributed by atoms with Crippen LogP contribution in [-0.4, -0.2) is 35.0 Å². The Hall–Kier alpha value is -2.38. The summed E-state index contributed by atoms with van der Waals surface area (Å²) in [5.41, 5.74) is 3.38. The van der Waals surface area contributed by atoms with Gasteiger partial charge < -0.3 is 10.2 Å². The molecule has 2 aromatic rings. The maximum atomic E-state index is 12.3. The fourth-order valence-corrected chi connectivity index (χ4v) is 3.11. The predicted molar refractivity (Wildman–Crippen MR) is 104 cm³/mol. The van der Waals surface area contributed by atoms with Crippen molar-refractivity contribution in [3.63, 3.8) is 0 Å². The van der Waals surface area contributed by atoms with Crippen LogP contribution in [0.3, 0.4) is 0 Å². The summed E-state index contributed by atoms with van der Waals surface area (Å²) < 4.78 is 22.9. The fourth-order valence-electron chi connectivity index (χ4n) is 2.57. The zero-order chi connectivity index (χ0) is 19.3. The predicted octanol–water partition coefficient (Wildman–Crippen LogP) is 2.07. The highest BCUT2D eigenvalue weighted by molar-refractivity contribution is 7.89. The number of nitrogens with zero attached hydrogens (tertiary/aromatic N) is 1. The largest absolute Gasteiger partial charge is 0.378 e. The molecule has 6 nitrogen and oxygen atoms in total. The molecule has 0 radical (unpaired) electrons. The van der Waals surface area contributed by atoms with Gasteiger partial charge in [0.15, 0.2) is 0 Å². The number of nitrogens with two attached hydrogens (primary N) is 1. The molecule has 0 bridgehead atoms. The Labute approximate surface area is 155 Å². The zero-order valence-electron chi connectivity index (χ0n) is 15.3. The van der Waals surface area contributed by atoms with Gasteiger partial charge in [-0.15, -0.1) is 0 Å². The lowest BCUT2D eigenvalue weighted by molar-refractivity contribution is 0.0952. The lowest BCUT2D eigenvalue weighted by Crippen LogP contribution is -2.26. The van der Waals surface area contributed by atoms with Crippen LogP contribution in [0.4, 0.5) is 5.69 Å². The molecule has 140 valence electrons. The molecular weight excluding hydrogens is 350 g/mol. The van der Waals surface area contributed by atoms with Crippen LogP contribution in [0.5, 0.6) is 0 Å². The highest BCUT2D eigenvalue weighted by atomic mass is 32.2. The molecule has 1 amide bonds. The first-order chi connectivity index (χ1) is 12.2. The zero-order valence-corrected chi connectivity index (χ0v) is 16.1. The molecule has 7 heteroatoms. The van der Waals surface area contributed by atoms with E-state index in [0.717, 1.165) is 18.5 Å². The van der Waals surface area contributed by atoms with Crippen LogP contribution in [0.2, 0.25) is 0 Å². The van der Waals surface area contributed by atoms with Gasteiger partial charge in [0.1, 0.15) is 0 Å². The Morgan fingerprint density at radius 3 is 2.35 bits per heavy atom. The number of sulfonamides is 1. The van der Waals surface area contributed by atoms with Crippen molar-refractivity contribution in [3.05, 3.63) is 59.2 Å². The number of benzene rings is 2. The molecule has 3 N–H and O–H groups in total. The van der Waals surface area contributed by atoms with Crippen LogP contribution in [0.1, 0.15) is 27.9 Å². The van der Waals surface area contributed by atoms with Crippen molar-refractivity contribution >= 4 is 21.6 Å². The van der Waals surface area contributed by atoms with Crippen LogP contribution in [0.25, 0.3) is 0 Å². The number of rotatable bonds is 7. The van der Waals surface area contributed by atoms with Crippen molar-refractivity contribution in [2.45, 2.75) is 24.7 Å². The number of carbonyl (C=O) groups excluding carboxylic acids is 1. The molecule has 0 heterocycles. The summed E-state index contributed by atoms with van der Waals surface area (Å²) in [6, 6.07) is 12.6. The fraction of sp³-hybridized carbons (Fsp3) is 0.316. The summed E-state index contributed by atoms with van der Waals surface area (Å²) in [6.45, 7) is 2.27. The number of carbonyl (C=O) groups is 1. The number of hydrogen-bond donors (Lipinski definition) is 2. The Morgan fingerprint density at radius 1 is 1.12 bits per heavy atom. The van der Waals surface area contributed by atoms with E-state index in [4.69, 9.17) is 5.14 Å². The van der Waals surface area contributed by atoms with Gasteiger partial charge >= 0.3 is 0 Å². The third kappa shape index (κ3) is 5.31. The van der Waals surface area contributed by atoms with Gasteiger partial charge in [-0.25, -0.2) is 13.6 Å². The molecule has 0 saturated carbocycles. The van der Waals surface area contributed by atoms with Gasteiger partial charge in [-0.1, -0.05) is 18.2 Å². The van der Waals surface area contributed by atoms with Crippen molar-refractivity contribution < 1.29 is 13.2 Å². The molecule has 0 aliphatic rings. The Bertz CT molecular complexity index is 875. The second kappa shape index (κ2) is 8.33. The maximum Gasteiger partial charge on any atom is 0.251 e. The first kappa shape index (κ1) is 19.9. The van der Waals surface area contributed by atoms with Crippen LogP contribution in [0.15, 0.2) is 47.4 Å². The molecule has 0 fully saturated rings. The van der Waals surface area contributed by atoms with E-state index in [-0.39, 0.29) is 10.8 Å². The molecular formula is C19H25N3O3S. The van der Waals surface area contributed by atoms with E-state index in [1.165, 1.54) is 17.7 Å². The monoisotopic (exact) mass is 375 g/mol. The van der Waals surface area contributed by atoms with E-state index >= 15 is 0 Å². The number of nitrogens with one attached hydrogen (secondary N) is 1. The third-order valence-electron chi connectivity index (χ3n) is 4.16. The number of amides is 1. The summed E-state index contributed by atoms with van der Waals surface area (Å²) >= 11 is 0. The quantitative estimate of drug-likeness (QED) is 0.725. The van der Waals surface area contributed by atoms with Gasteiger partial charge in [-0.05, 0) is 55.2 Å². The van der Waals surface area contributed by atoms with E-state index in [1.54, 1.807) is 13.0 Å². The second-order valence-electron chi connectivity index (χ2n) is 6.44. The van der Waals surface area contributed by atoms with Crippen molar-refractivity contribution in [1.82, 2.24) is 5.32 Å². The minimum Gasteiger partial charge on any atom is -0.378 e. The topological polar surface area (TPSA) is 92.5 Å². The Morgan fingerprint density at radius 2 is 1.77 bits per heavy atom. The second-order valence-corrected chi connectivity index (χ2v) is 8.00. The number of primary sulfonamides is 1. The first-order valence-electron chi connectivity index (χ1n) is 8.36. The SMILES string of the molecule is Cc1ccc(S(N)(=O)=O)cc1C(=O)NCCCc1ccc(N(C)C)cc1. The molecule has 26 heavy (non-hydrogen) atoms. The average molecular weight is 375 g/mol. The van der Waals surface area contributed by atoms with Crippen LogP contribution in [-0.2, 0) is 16.4 Å². The molecule has 0 aromatic heterocycles. The van der Waals surface area contributed by atoms with E-state index < -0.39 is 10.0 Å². The third-order valence-corrected chi connectivity index (χ3v) is 5.07. The highest BCUT2D eigenvalue weighted by Gasteiger charge is 2.14. The Kier molecular flexibility index (Phi) is 6.39. The van der Waals surface area contributed by atoms with Gasteiger partial charge in [0.25, 0.3) is 5.91 Å². The van der Waals surface area contributed by atoms with E-state index in [0.29, 0.717) is 17.7 Å². The van der Waals surface area contributed by atoms with Crippen molar-refractivity contribution in [1.29, 1.82) is 0 Å². The van der Waals surface area contributed by atoms with E-state index in [9.17, 15) is 13.2 Å². The van der Waals surface area contributed by atoms with Crippen molar-refractivity contribution in [3.8, 4) is 0 Å². The molecule has 0 unspecified atom stereocenters. The van der Waals surface area contributed by atoms with Crippen molar-refractivity contribution in [2.75, 3.05) is 25.5 Å². The molecule has 0 spiro atoms. The minimum absolute atomic E-state index is 0.0609. The summed E-state index contributed by atoms with van der Waals surface area (Å²) in [4.78, 5) is 14.3. The van der Waals surface area contributed by atoms with E-state index in [1.807, 2.05) is 19.0 Å². The number of aryl methyl sites for hydroxylation is 2. The summed E-state index contributed by atoms with van der Waals surface area (Å²) in [5, 5.41) is 7.96. The molecule has 0 aliphatic carbocycles. The smallest absolute Gasteiger partial charge is 0.251 e. The van der Waals surface area contributed by atoms with Crippen LogP contribution in [0, 0.1) is 6.92 Å². The van der Waals surface area contributed by atoms with Crippen molar-refractivity contribution in [2.24, 2.45) is 5.14 Å². The van der Waals surface area contributed by atoms with Gasteiger partial charge in [-0.2, -0.15) is 0 Å². The normalized spacial score (nSPS) is 11.2. The van der Waals surface area contributed by atoms with Gasteiger partial charge in [-0.3, -0.25) is 4.79 Å². The minimum atomic E-state index is -3.83.